The molecule has 0 fully saturated rings. The molecule has 0 spiro atoms. The molecule has 0 aliphatic heterocycles. The van der Waals surface area contributed by atoms with Crippen molar-refractivity contribution in [1.29, 1.82) is 0 Å². The minimum atomic E-state index is -0.327. The van der Waals surface area contributed by atoms with Gasteiger partial charge >= 0.3 is 35.8 Å². The number of hydrogen-bond acceptors (Lipinski definition) is 18. The van der Waals surface area contributed by atoms with Crippen molar-refractivity contribution >= 4 is 68.1 Å². The monoisotopic (exact) mass is 1670 g/mol. The van der Waals surface area contributed by atoms with Gasteiger partial charge in [-0.25, -0.2) is 28.8 Å². The second-order valence-electron chi connectivity index (χ2n) is 33.1. The lowest BCUT2D eigenvalue weighted by molar-refractivity contribution is -0.139. The SMILES string of the molecule is C=C(C)C(=O)OCCCCCCCCCCOc1cc2c3cc(OCCCCCCCCCCOC(=O)C(=C)C)c(OCCCCCCCCCCOC(=O)C(=C)C)cc3c3cc(OCCCCCCCCCCOC(=O)C(=C)C)c(OCCCCCCCCCCOC(=O)C(=C)C)cc3c2cc1OCCCCCCCCCCOC(=O)C(=C)C. The number of fused-ring (bicyclic) bond motifs is 6. The summed E-state index contributed by atoms with van der Waals surface area (Å²) < 4.78 is 73.7. The van der Waals surface area contributed by atoms with E-state index in [1.54, 1.807) is 41.5 Å². The van der Waals surface area contributed by atoms with Crippen LogP contribution in [0, 0.1) is 0 Å². The molecule has 4 aromatic rings. The summed E-state index contributed by atoms with van der Waals surface area (Å²) in [6.07, 6.45) is 49.2. The summed E-state index contributed by atoms with van der Waals surface area (Å²) in [6.45, 7) is 37.9. The zero-order chi connectivity index (χ0) is 87.0. The van der Waals surface area contributed by atoms with Crippen LogP contribution in [0.3, 0.4) is 0 Å². The third kappa shape index (κ3) is 47.2. The molecule has 0 N–H and O–H groups in total. The number of benzene rings is 4. The Kier molecular flexibility index (Phi) is 57.6. The molecule has 18 heteroatoms. The van der Waals surface area contributed by atoms with E-state index in [-0.39, 0.29) is 35.8 Å². The zero-order valence-corrected chi connectivity index (χ0v) is 75.5. The predicted molar refractivity (Wildman–Crippen MR) is 488 cm³/mol. The molecule has 120 heavy (non-hydrogen) atoms. The van der Waals surface area contributed by atoms with Gasteiger partial charge in [-0.15, -0.1) is 0 Å². The van der Waals surface area contributed by atoms with E-state index in [4.69, 9.17) is 56.8 Å². The van der Waals surface area contributed by atoms with Crippen LogP contribution in [0.2, 0.25) is 0 Å². The lowest BCUT2D eigenvalue weighted by Gasteiger charge is -2.21. The molecule has 4 aromatic carbocycles. The second kappa shape index (κ2) is 66.4. The first-order valence-corrected chi connectivity index (χ1v) is 46.5. The fraction of sp³-hybridized carbons (Fsp3) is 0.647. The predicted octanol–water partition coefficient (Wildman–Crippen LogP) is 26.9. The third-order valence-corrected chi connectivity index (χ3v) is 21.4. The maximum absolute atomic E-state index is 11.9. The fourth-order valence-electron chi connectivity index (χ4n) is 14.1. The number of esters is 6. The van der Waals surface area contributed by atoms with Gasteiger partial charge in [0.15, 0.2) is 34.5 Å². The van der Waals surface area contributed by atoms with Crippen LogP contribution in [-0.4, -0.2) is 115 Å². The van der Waals surface area contributed by atoms with Crippen molar-refractivity contribution in [3.8, 4) is 34.5 Å². The summed E-state index contributed by atoms with van der Waals surface area (Å²) in [6, 6.07) is 13.2. The standard InChI is InChI=1S/C102H156O18/c1-79(2)97(103)115-67-55-43-31-19-13-25-37-49-61-109-91-73-85-86(74-92(91)110-62-50-38-26-14-20-32-44-56-68-116-98(104)80(3)4)88-76-94(112-64-52-40-28-16-22-34-46-58-70-118-100(106)82(7)8)96(114-66-54-42-30-18-24-36-48-60-72-120-102(108)84(11)12)78-90(88)89-77-95(113-65-53-41-29-17-23-35-47-59-71-119-101(107)83(9)10)93(75-87(85)89)111-63-51-39-27-15-21-33-45-57-69-117-99(105)81(5)6/h73-78H,1,3,5,7,9,11,13-72H2,2,4,6,8,10,12H3. The number of carbonyl (C=O) groups excluding carboxylic acids is 6. The van der Waals surface area contributed by atoms with Crippen molar-refractivity contribution in [2.45, 2.75) is 350 Å². The van der Waals surface area contributed by atoms with E-state index >= 15 is 0 Å². The van der Waals surface area contributed by atoms with Gasteiger partial charge in [0.1, 0.15) is 0 Å². The van der Waals surface area contributed by atoms with E-state index in [1.165, 1.54) is 0 Å². The lowest BCUT2D eigenvalue weighted by atomic mass is 9.93. The molecule has 18 nitrogen and oxygen atoms in total. The Morgan fingerprint density at radius 2 is 0.258 bits per heavy atom. The quantitative estimate of drug-likeness (QED) is 0.0132. The van der Waals surface area contributed by atoms with Crippen LogP contribution < -0.4 is 28.4 Å². The average Bonchev–Trinajstić information content (AvgIpc) is 0.725. The number of hydrogen-bond donors (Lipinski definition) is 0. The van der Waals surface area contributed by atoms with Gasteiger partial charge < -0.3 is 56.8 Å². The normalized spacial score (nSPS) is 11.2. The Hall–Kier alpha value is -8.28. The van der Waals surface area contributed by atoms with E-state index in [0.29, 0.717) is 147 Å². The van der Waals surface area contributed by atoms with Crippen LogP contribution >= 0.6 is 0 Å². The summed E-state index contributed by atoms with van der Waals surface area (Å²) in [4.78, 5) is 71.3. The Morgan fingerprint density at radius 3 is 0.358 bits per heavy atom. The molecular weight excluding hydrogens is 1510 g/mol. The molecule has 4 rings (SSSR count). The first-order chi connectivity index (χ1) is 58.2. The maximum atomic E-state index is 11.9. The summed E-state index contributed by atoms with van der Waals surface area (Å²) in [5, 5.41) is 6.00. The number of ether oxygens (including phenoxy) is 12. The van der Waals surface area contributed by atoms with Gasteiger partial charge in [0.25, 0.3) is 0 Å². The molecule has 0 saturated heterocycles. The van der Waals surface area contributed by atoms with Crippen molar-refractivity contribution in [3.63, 3.8) is 0 Å². The molecule has 0 radical (unpaired) electrons. The Balaban J connectivity index is 1.76. The van der Waals surface area contributed by atoms with Gasteiger partial charge in [-0.05, 0) is 187 Å². The minimum absolute atomic E-state index is 0.327. The first-order valence-electron chi connectivity index (χ1n) is 46.5. The van der Waals surface area contributed by atoms with Gasteiger partial charge in [0.05, 0.1) is 79.3 Å². The summed E-state index contributed by atoms with van der Waals surface area (Å²) in [5.41, 5.74) is 2.55. The van der Waals surface area contributed by atoms with Crippen LogP contribution in [0.1, 0.15) is 350 Å². The lowest BCUT2D eigenvalue weighted by Crippen LogP contribution is -2.06. The molecule has 672 valence electrons. The van der Waals surface area contributed by atoms with Gasteiger partial charge in [-0.3, -0.25) is 0 Å². The van der Waals surface area contributed by atoms with Crippen LogP contribution in [0.25, 0.3) is 32.3 Å². The van der Waals surface area contributed by atoms with E-state index in [2.05, 4.69) is 75.9 Å². The van der Waals surface area contributed by atoms with Gasteiger partial charge in [0.2, 0.25) is 0 Å². The van der Waals surface area contributed by atoms with Crippen molar-refractivity contribution in [1.82, 2.24) is 0 Å². The fourth-order valence-corrected chi connectivity index (χ4v) is 14.1. The van der Waals surface area contributed by atoms with Crippen molar-refractivity contribution in [2.75, 3.05) is 79.3 Å². The minimum Gasteiger partial charge on any atom is -0.490 e. The van der Waals surface area contributed by atoms with Crippen LogP contribution in [-0.2, 0) is 57.2 Å². The van der Waals surface area contributed by atoms with E-state index in [1.807, 2.05) is 0 Å². The highest BCUT2D eigenvalue weighted by molar-refractivity contribution is 6.27. The highest BCUT2D eigenvalue weighted by Crippen LogP contribution is 2.48. The molecule has 0 amide bonds. The molecule has 0 aliphatic carbocycles. The Bertz CT molecular complexity index is 3050. The van der Waals surface area contributed by atoms with Crippen molar-refractivity contribution in [3.05, 3.63) is 109 Å². The molecule has 0 unspecified atom stereocenters. The molecule has 0 atom stereocenters. The summed E-state index contributed by atoms with van der Waals surface area (Å²) >= 11 is 0. The molecule has 0 saturated carbocycles. The number of carbonyl (C=O) groups is 6. The topological polar surface area (TPSA) is 213 Å². The number of unbranched alkanes of at least 4 members (excludes halogenated alkanes) is 42. The van der Waals surface area contributed by atoms with Crippen molar-refractivity contribution < 1.29 is 85.6 Å². The third-order valence-electron chi connectivity index (χ3n) is 21.4. The first kappa shape index (κ1) is 104. The van der Waals surface area contributed by atoms with Crippen LogP contribution in [0.15, 0.2) is 109 Å². The second-order valence-corrected chi connectivity index (χ2v) is 33.1. The van der Waals surface area contributed by atoms with Gasteiger partial charge in [-0.2, -0.15) is 0 Å². The summed E-state index contributed by atoms with van der Waals surface area (Å²) in [7, 11) is 0. The summed E-state index contributed by atoms with van der Waals surface area (Å²) in [5.74, 6) is 2.23. The van der Waals surface area contributed by atoms with E-state index in [9.17, 15) is 28.8 Å². The van der Waals surface area contributed by atoms with Gasteiger partial charge in [-0.1, -0.05) is 271 Å². The molecule has 0 bridgehead atoms. The largest absolute Gasteiger partial charge is 0.490 e. The Morgan fingerprint density at radius 1 is 0.167 bits per heavy atom. The zero-order valence-electron chi connectivity index (χ0n) is 75.5. The maximum Gasteiger partial charge on any atom is 0.333 e. The molecule has 0 heterocycles. The van der Waals surface area contributed by atoms with Crippen molar-refractivity contribution in [2.24, 2.45) is 0 Å². The molecular formula is C102H156O18. The average molecular weight is 1670 g/mol. The van der Waals surface area contributed by atoms with Crippen LogP contribution in [0.4, 0.5) is 0 Å². The molecule has 0 aromatic heterocycles. The highest BCUT2D eigenvalue weighted by atomic mass is 16.6. The van der Waals surface area contributed by atoms with E-state index < -0.39 is 0 Å². The Labute approximate surface area is 722 Å². The van der Waals surface area contributed by atoms with Gasteiger partial charge in [0, 0.05) is 33.4 Å². The van der Waals surface area contributed by atoms with Crippen LogP contribution in [0.5, 0.6) is 34.5 Å². The van der Waals surface area contributed by atoms with E-state index in [0.717, 1.165) is 341 Å². The highest BCUT2D eigenvalue weighted by Gasteiger charge is 2.22. The number of rotatable bonds is 78. The smallest absolute Gasteiger partial charge is 0.333 e. The molecule has 0 aliphatic rings.